The second kappa shape index (κ2) is 5.93. The molecule has 0 aliphatic heterocycles. The van der Waals surface area contributed by atoms with Gasteiger partial charge in [0, 0.05) is 5.56 Å². The summed E-state index contributed by atoms with van der Waals surface area (Å²) in [7, 11) is 0. The maximum Gasteiger partial charge on any atom is 0.247 e. The molecule has 1 heterocycles. The first-order valence-electron chi connectivity index (χ1n) is 6.70. The van der Waals surface area contributed by atoms with Gasteiger partial charge >= 0.3 is 0 Å². The van der Waals surface area contributed by atoms with Gasteiger partial charge in [-0.25, -0.2) is 8.78 Å². The molecule has 1 N–H and O–H groups in total. The molecule has 0 saturated carbocycles. The third kappa shape index (κ3) is 3.11. The zero-order valence-electron chi connectivity index (χ0n) is 11.8. The summed E-state index contributed by atoms with van der Waals surface area (Å²) >= 11 is 0. The van der Waals surface area contributed by atoms with Gasteiger partial charge in [-0.2, -0.15) is 0 Å². The number of benzene rings is 2. The number of halogens is 2. The van der Waals surface area contributed by atoms with E-state index in [0.29, 0.717) is 23.0 Å². The molecule has 0 fully saturated rings. The number of nitrogens with one attached hydrogen (secondary N) is 1. The number of nitrogens with zero attached hydrogens (tertiary/aromatic N) is 2. The normalized spacial score (nSPS) is 10.7. The fraction of sp³-hybridized carbons (Fsp3) is 0.125. The van der Waals surface area contributed by atoms with Crippen LogP contribution in [0.2, 0.25) is 0 Å². The van der Waals surface area contributed by atoms with E-state index in [9.17, 15) is 8.78 Å². The van der Waals surface area contributed by atoms with E-state index in [1.54, 1.807) is 18.2 Å². The fourth-order valence-electron chi connectivity index (χ4n) is 1.97. The molecule has 4 nitrogen and oxygen atoms in total. The maximum absolute atomic E-state index is 13.7. The Bertz CT molecular complexity index is 784. The molecule has 0 saturated heterocycles. The molecule has 3 rings (SSSR count). The van der Waals surface area contributed by atoms with Crippen LogP contribution in [0.25, 0.3) is 11.5 Å². The number of hydrogen-bond donors (Lipinski definition) is 1. The fourth-order valence-corrected chi connectivity index (χ4v) is 1.97. The van der Waals surface area contributed by atoms with E-state index >= 15 is 0 Å². The molecule has 6 heteroatoms. The third-order valence-electron chi connectivity index (χ3n) is 3.11. The van der Waals surface area contributed by atoms with Gasteiger partial charge in [-0.1, -0.05) is 6.07 Å². The van der Waals surface area contributed by atoms with Gasteiger partial charge in [-0.3, -0.25) is 0 Å². The molecule has 112 valence electrons. The van der Waals surface area contributed by atoms with Crippen LogP contribution < -0.4 is 5.32 Å². The van der Waals surface area contributed by atoms with E-state index in [1.165, 1.54) is 18.2 Å². The molecule has 3 aromatic rings. The molecule has 0 spiro atoms. The third-order valence-corrected chi connectivity index (χ3v) is 3.11. The van der Waals surface area contributed by atoms with Gasteiger partial charge in [-0.15, -0.1) is 10.2 Å². The lowest BCUT2D eigenvalue weighted by Crippen LogP contribution is -2.01. The number of rotatable bonds is 4. The minimum atomic E-state index is -0.335. The lowest BCUT2D eigenvalue weighted by atomic mass is 10.2. The highest BCUT2D eigenvalue weighted by Crippen LogP contribution is 2.19. The van der Waals surface area contributed by atoms with E-state index < -0.39 is 0 Å². The van der Waals surface area contributed by atoms with Crippen LogP contribution in [-0.4, -0.2) is 10.2 Å². The van der Waals surface area contributed by atoms with Crippen molar-refractivity contribution in [3.05, 3.63) is 65.6 Å². The van der Waals surface area contributed by atoms with Gasteiger partial charge in [0.05, 0.1) is 12.2 Å². The van der Waals surface area contributed by atoms with Crippen LogP contribution in [0.15, 0.2) is 46.9 Å². The second-order valence-electron chi connectivity index (χ2n) is 4.84. The lowest BCUT2D eigenvalue weighted by Gasteiger charge is -2.05. The quantitative estimate of drug-likeness (QED) is 0.793. The van der Waals surface area contributed by atoms with Crippen LogP contribution in [0, 0.1) is 18.6 Å². The predicted octanol–water partition coefficient (Wildman–Crippen LogP) is 3.94. The van der Waals surface area contributed by atoms with Crippen LogP contribution in [0.1, 0.15) is 11.5 Å². The summed E-state index contributed by atoms with van der Waals surface area (Å²) in [5.41, 5.74) is 1.84. The van der Waals surface area contributed by atoms with Crippen LogP contribution >= 0.6 is 0 Å². The summed E-state index contributed by atoms with van der Waals surface area (Å²) in [5.74, 6) is -0.0567. The summed E-state index contributed by atoms with van der Waals surface area (Å²) in [4.78, 5) is 0. The lowest BCUT2D eigenvalue weighted by molar-refractivity contribution is 0.514. The first kappa shape index (κ1) is 14.2. The average molecular weight is 301 g/mol. The van der Waals surface area contributed by atoms with Crippen LogP contribution in [0.5, 0.6) is 0 Å². The van der Waals surface area contributed by atoms with Crippen LogP contribution in [0.3, 0.4) is 0 Å². The van der Waals surface area contributed by atoms with E-state index in [2.05, 4.69) is 15.5 Å². The summed E-state index contributed by atoms with van der Waals surface area (Å²) in [6.07, 6.45) is 0. The Morgan fingerprint density at radius 3 is 2.55 bits per heavy atom. The van der Waals surface area contributed by atoms with Gasteiger partial charge in [0.1, 0.15) is 11.6 Å². The standard InChI is InChI=1S/C16H13F2N3O/c1-10-2-7-14(13(18)8-10)19-9-15-20-21-16(22-15)11-3-5-12(17)6-4-11/h2-8,19H,9H2,1H3. The Morgan fingerprint density at radius 2 is 1.82 bits per heavy atom. The van der Waals surface area contributed by atoms with Crippen molar-refractivity contribution in [2.45, 2.75) is 13.5 Å². The molecule has 0 unspecified atom stereocenters. The first-order chi connectivity index (χ1) is 10.6. The highest BCUT2D eigenvalue weighted by atomic mass is 19.1. The number of anilines is 1. The van der Waals surface area contributed by atoms with Crippen molar-refractivity contribution in [2.24, 2.45) is 0 Å². The zero-order valence-corrected chi connectivity index (χ0v) is 11.8. The predicted molar refractivity (Wildman–Crippen MR) is 78.2 cm³/mol. The number of hydrogen-bond acceptors (Lipinski definition) is 4. The average Bonchev–Trinajstić information content (AvgIpc) is 2.96. The topological polar surface area (TPSA) is 51.0 Å². The summed E-state index contributed by atoms with van der Waals surface area (Å²) in [6.45, 7) is 2.02. The van der Waals surface area contributed by atoms with E-state index in [-0.39, 0.29) is 18.2 Å². The molecule has 22 heavy (non-hydrogen) atoms. The van der Waals surface area contributed by atoms with Crippen molar-refractivity contribution in [1.29, 1.82) is 0 Å². The SMILES string of the molecule is Cc1ccc(NCc2nnc(-c3ccc(F)cc3)o2)c(F)c1. The number of aromatic nitrogens is 2. The summed E-state index contributed by atoms with van der Waals surface area (Å²) in [5, 5.41) is 10.7. The molecule has 0 amide bonds. The van der Waals surface area contributed by atoms with Gasteiger partial charge < -0.3 is 9.73 Å². The van der Waals surface area contributed by atoms with Gasteiger partial charge in [-0.05, 0) is 48.9 Å². The van der Waals surface area contributed by atoms with Crippen molar-refractivity contribution in [2.75, 3.05) is 5.32 Å². The van der Waals surface area contributed by atoms with Crippen molar-refractivity contribution in [1.82, 2.24) is 10.2 Å². The van der Waals surface area contributed by atoms with Crippen LogP contribution in [0.4, 0.5) is 14.5 Å². The van der Waals surface area contributed by atoms with E-state index in [4.69, 9.17) is 4.42 Å². The highest BCUT2D eigenvalue weighted by molar-refractivity contribution is 5.52. The van der Waals surface area contributed by atoms with Gasteiger partial charge in [0.2, 0.25) is 11.8 Å². The molecule has 0 bridgehead atoms. The van der Waals surface area contributed by atoms with E-state index in [1.807, 2.05) is 13.0 Å². The highest BCUT2D eigenvalue weighted by Gasteiger charge is 2.09. The maximum atomic E-state index is 13.7. The molecule has 0 aliphatic rings. The Morgan fingerprint density at radius 1 is 1.05 bits per heavy atom. The zero-order chi connectivity index (χ0) is 15.5. The summed E-state index contributed by atoms with van der Waals surface area (Å²) < 4.78 is 32.0. The van der Waals surface area contributed by atoms with Crippen molar-refractivity contribution < 1.29 is 13.2 Å². The second-order valence-corrected chi connectivity index (χ2v) is 4.84. The molecule has 0 radical (unpaired) electrons. The van der Waals surface area contributed by atoms with E-state index in [0.717, 1.165) is 5.56 Å². The Hall–Kier alpha value is -2.76. The number of aryl methyl sites for hydroxylation is 1. The molecule has 0 atom stereocenters. The first-order valence-corrected chi connectivity index (χ1v) is 6.70. The van der Waals surface area contributed by atoms with Crippen molar-refractivity contribution >= 4 is 5.69 Å². The molecule has 2 aromatic carbocycles. The van der Waals surface area contributed by atoms with Crippen molar-refractivity contribution in [3.63, 3.8) is 0 Å². The molecule has 1 aromatic heterocycles. The Labute approximate surface area is 125 Å². The molecular weight excluding hydrogens is 288 g/mol. The largest absolute Gasteiger partial charge is 0.419 e. The van der Waals surface area contributed by atoms with Gasteiger partial charge in [0.25, 0.3) is 0 Å². The Kier molecular flexibility index (Phi) is 3.82. The minimum absolute atomic E-state index is 0.203. The molecule has 0 aliphatic carbocycles. The minimum Gasteiger partial charge on any atom is -0.419 e. The molecular formula is C16H13F2N3O. The smallest absolute Gasteiger partial charge is 0.247 e. The van der Waals surface area contributed by atoms with Crippen LogP contribution in [-0.2, 0) is 6.54 Å². The monoisotopic (exact) mass is 301 g/mol. The van der Waals surface area contributed by atoms with Crippen molar-refractivity contribution in [3.8, 4) is 11.5 Å². The summed E-state index contributed by atoms with van der Waals surface area (Å²) in [6, 6.07) is 10.7. The van der Waals surface area contributed by atoms with Gasteiger partial charge in [0.15, 0.2) is 0 Å². The Balaban J connectivity index is 1.70.